The fraction of sp³-hybridized carbons (Fsp3) is 0.593. The van der Waals surface area contributed by atoms with Crippen molar-refractivity contribution in [1.29, 1.82) is 0 Å². The molecular weight excluding hydrogens is 1290 g/mol. The van der Waals surface area contributed by atoms with Crippen molar-refractivity contribution in [2.75, 3.05) is 39.6 Å². The van der Waals surface area contributed by atoms with Gasteiger partial charge in [-0.3, -0.25) is 32.5 Å². The number of esters is 3. The van der Waals surface area contributed by atoms with E-state index in [9.17, 15) is 43.5 Å². The van der Waals surface area contributed by atoms with Crippen LogP contribution in [0.1, 0.15) is 252 Å². The zero-order chi connectivity index (χ0) is 72.3. The lowest BCUT2D eigenvalue weighted by molar-refractivity contribution is -0.161. The van der Waals surface area contributed by atoms with Crippen LogP contribution in [0.2, 0.25) is 0 Å². The first-order chi connectivity index (χ1) is 48.2. The Morgan fingerprint density at radius 3 is 0.859 bits per heavy atom. The van der Waals surface area contributed by atoms with Gasteiger partial charge in [0, 0.05) is 19.3 Å². The molecule has 0 rings (SSSR count). The Bertz CT molecular complexity index is 2530. The van der Waals surface area contributed by atoms with Crippen molar-refractivity contribution in [2.45, 2.75) is 270 Å². The zero-order valence-electron chi connectivity index (χ0n) is 60.8. The molecule has 0 spiro atoms. The monoisotopic (exact) mass is 1420 g/mol. The number of rotatable bonds is 68. The van der Waals surface area contributed by atoms with Crippen LogP contribution in [-0.4, -0.2) is 95.9 Å². The van der Waals surface area contributed by atoms with Gasteiger partial charge in [-0.25, -0.2) is 9.13 Å². The number of aliphatic hydroxyl groups excluding tert-OH is 2. The molecule has 0 saturated heterocycles. The number of hydrogen-bond donors (Lipinski definition) is 4. The molecule has 0 aliphatic rings. The number of carbonyl (C=O) groups excluding carboxylic acids is 3. The van der Waals surface area contributed by atoms with Crippen molar-refractivity contribution in [3.63, 3.8) is 0 Å². The van der Waals surface area contributed by atoms with Crippen molar-refractivity contribution in [2.24, 2.45) is 0 Å². The second-order valence-corrected chi connectivity index (χ2v) is 26.9. The molecule has 0 bridgehead atoms. The van der Waals surface area contributed by atoms with Crippen molar-refractivity contribution in [3.8, 4) is 0 Å². The first-order valence-electron chi connectivity index (χ1n) is 37.1. The molecule has 0 aliphatic heterocycles. The van der Waals surface area contributed by atoms with Crippen LogP contribution in [0.15, 0.2) is 182 Å². The number of hydrogen-bond acceptors (Lipinski definition) is 14. The number of phosphoric ester groups is 2. The van der Waals surface area contributed by atoms with E-state index < -0.39 is 91.5 Å². The maximum absolute atomic E-state index is 12.9. The normalized spacial score (nSPS) is 15.1. The largest absolute Gasteiger partial charge is 0.472 e. The van der Waals surface area contributed by atoms with Gasteiger partial charge in [-0.05, 0) is 141 Å². The van der Waals surface area contributed by atoms with Crippen LogP contribution in [-0.2, 0) is 55.8 Å². The van der Waals surface area contributed by atoms with E-state index in [4.69, 9.17) is 32.3 Å². The Balaban J connectivity index is 4.62. The molecular formula is C81H130O16P2. The van der Waals surface area contributed by atoms with Crippen molar-refractivity contribution >= 4 is 33.6 Å². The van der Waals surface area contributed by atoms with Crippen LogP contribution in [0.3, 0.4) is 0 Å². The van der Waals surface area contributed by atoms with Crippen LogP contribution in [0.5, 0.6) is 0 Å². The highest BCUT2D eigenvalue weighted by Gasteiger charge is 2.29. The highest BCUT2D eigenvalue weighted by Crippen LogP contribution is 2.45. The van der Waals surface area contributed by atoms with Crippen molar-refractivity contribution < 1.29 is 75.8 Å². The molecule has 0 amide bonds. The number of aliphatic hydroxyl groups is 2. The van der Waals surface area contributed by atoms with E-state index in [0.717, 1.165) is 154 Å². The molecule has 0 aromatic heterocycles. The summed E-state index contributed by atoms with van der Waals surface area (Å²) in [6.45, 7) is 2.19. The molecule has 16 nitrogen and oxygen atoms in total. The van der Waals surface area contributed by atoms with Gasteiger partial charge in [-0.15, -0.1) is 0 Å². The number of phosphoric acid groups is 2. The van der Waals surface area contributed by atoms with E-state index in [1.54, 1.807) is 0 Å². The first kappa shape index (κ1) is 93.6. The van der Waals surface area contributed by atoms with Crippen LogP contribution in [0.25, 0.3) is 0 Å². The lowest BCUT2D eigenvalue weighted by Gasteiger charge is -2.21. The molecule has 5 unspecified atom stereocenters. The summed E-state index contributed by atoms with van der Waals surface area (Å²) in [7, 11) is -9.83. The van der Waals surface area contributed by atoms with E-state index in [-0.39, 0.29) is 19.3 Å². The summed E-state index contributed by atoms with van der Waals surface area (Å²) in [5.74, 6) is -1.71. The molecule has 99 heavy (non-hydrogen) atoms. The molecule has 0 saturated carbocycles. The van der Waals surface area contributed by atoms with Crippen LogP contribution < -0.4 is 0 Å². The van der Waals surface area contributed by atoms with Gasteiger partial charge in [0.05, 0.1) is 26.4 Å². The number of carbonyl (C=O) groups is 3. The molecule has 4 N–H and O–H groups in total. The van der Waals surface area contributed by atoms with Crippen molar-refractivity contribution in [3.05, 3.63) is 182 Å². The minimum absolute atomic E-state index is 0.0346. The molecule has 18 heteroatoms. The smallest absolute Gasteiger partial charge is 0.463 e. The molecule has 0 aromatic carbocycles. The maximum atomic E-state index is 12.9. The van der Waals surface area contributed by atoms with E-state index in [1.807, 2.05) is 18.2 Å². The predicted molar refractivity (Wildman–Crippen MR) is 408 cm³/mol. The first-order valence-corrected chi connectivity index (χ1v) is 40.1. The number of ether oxygens (including phenoxy) is 3. The van der Waals surface area contributed by atoms with Gasteiger partial charge in [0.15, 0.2) is 6.10 Å². The highest BCUT2D eigenvalue weighted by molar-refractivity contribution is 7.47. The molecule has 0 fully saturated rings. The van der Waals surface area contributed by atoms with Gasteiger partial charge in [-0.1, -0.05) is 274 Å². The van der Waals surface area contributed by atoms with E-state index in [2.05, 4.69) is 185 Å². The Labute approximate surface area is 598 Å². The third-order valence-electron chi connectivity index (χ3n) is 14.6. The lowest BCUT2D eigenvalue weighted by atomic mass is 10.1. The number of unbranched alkanes of at least 4 members (excludes halogenated alkanes) is 15. The van der Waals surface area contributed by atoms with Gasteiger partial charge in [0.1, 0.15) is 25.4 Å². The van der Waals surface area contributed by atoms with E-state index in [1.165, 1.54) is 32.1 Å². The maximum Gasteiger partial charge on any atom is 0.472 e. The topological polar surface area (TPSA) is 231 Å². The summed E-state index contributed by atoms with van der Waals surface area (Å²) >= 11 is 0. The van der Waals surface area contributed by atoms with Gasteiger partial charge in [0.2, 0.25) is 0 Å². The van der Waals surface area contributed by atoms with Crippen LogP contribution >= 0.6 is 15.6 Å². The molecule has 5 atom stereocenters. The zero-order valence-corrected chi connectivity index (χ0v) is 62.6. The third kappa shape index (κ3) is 73.7. The van der Waals surface area contributed by atoms with Gasteiger partial charge < -0.3 is 34.2 Å². The SMILES string of the molecule is CC/C=C\C/C=C\C/C=C\C/C=C\C/C=C\C/C=C\CCCCCCCCCCCCC(=O)OCC(O)COP(=O)(O)OCC(O)COP(=O)(O)OCC(COC(=O)CC/C=C\C/C=C\C/C=C\C/C=C\C/C=C\C/C=C\CC)OC(=O)CCCCCCC/C=C\C/C=C\C/C=C\CC. The molecule has 0 aromatic rings. The lowest BCUT2D eigenvalue weighted by Crippen LogP contribution is -2.30. The molecule has 0 radical (unpaired) electrons. The summed E-state index contributed by atoms with van der Waals surface area (Å²) in [5, 5.41) is 20.6. The third-order valence-corrected chi connectivity index (χ3v) is 16.5. The van der Waals surface area contributed by atoms with Crippen molar-refractivity contribution in [1.82, 2.24) is 0 Å². The Kier molecular flexibility index (Phi) is 68.5. The van der Waals surface area contributed by atoms with Gasteiger partial charge in [0.25, 0.3) is 0 Å². The summed E-state index contributed by atoms with van der Waals surface area (Å²) in [6, 6.07) is 0. The summed E-state index contributed by atoms with van der Waals surface area (Å²) in [5.41, 5.74) is 0. The van der Waals surface area contributed by atoms with Crippen LogP contribution in [0.4, 0.5) is 0 Å². The molecule has 0 aliphatic carbocycles. The standard InChI is InChI=1S/C81H130O16P2/c1-4-7-10-13-16-19-22-25-28-30-32-33-34-35-36-37-38-39-40-41-43-45-47-49-52-55-58-61-64-67-79(84)91-70-76(82)71-93-98(87,88)94-72-77(83)73-95-99(89,90)96-75-78(97-81(86)69-66-63-60-57-54-51-46-27-24-21-18-15-12-9-6-3)74-92-80(85)68-65-62-59-56-53-50-48-44-42-31-29-26-23-20-17-14-11-8-5-2/h7-12,16-21,25-29,32-33,35-36,38-39,42,44,46,50,53,59,62,76-78,82-83H,4-6,13-15,22-24,30-31,34,37,40-41,43,45,47-49,51-52,54-58,60-61,63-75H2,1-3H3,(H,87,88)(H,89,90)/b10-7-,11-8-,12-9-,19-16-,20-17-,21-18-,28-25-,29-26-,33-32-,36-35-,39-38-,44-42-,46-27-,53-50-,62-59-. The number of allylic oxidation sites excluding steroid dienone is 30. The average Bonchev–Trinajstić information content (AvgIpc) is 1.73. The van der Waals surface area contributed by atoms with Crippen LogP contribution in [0, 0.1) is 0 Å². The predicted octanol–water partition coefficient (Wildman–Crippen LogP) is 21.4. The quantitative estimate of drug-likeness (QED) is 0.0146. The average molecular weight is 1420 g/mol. The highest BCUT2D eigenvalue weighted by atomic mass is 31.2. The van der Waals surface area contributed by atoms with E-state index >= 15 is 0 Å². The van der Waals surface area contributed by atoms with Gasteiger partial charge in [-0.2, -0.15) is 0 Å². The summed E-state index contributed by atoms with van der Waals surface area (Å²) in [4.78, 5) is 58.5. The summed E-state index contributed by atoms with van der Waals surface area (Å²) in [6.07, 6.45) is 92.5. The Morgan fingerprint density at radius 1 is 0.283 bits per heavy atom. The molecule has 560 valence electrons. The second-order valence-electron chi connectivity index (χ2n) is 23.9. The molecule has 0 heterocycles. The minimum atomic E-state index is -4.96. The summed E-state index contributed by atoms with van der Waals surface area (Å²) < 4.78 is 60.9. The Hall–Kier alpha value is -5.35. The minimum Gasteiger partial charge on any atom is -0.463 e. The Morgan fingerprint density at radius 2 is 0.525 bits per heavy atom. The second kappa shape index (κ2) is 72.4. The van der Waals surface area contributed by atoms with E-state index in [0.29, 0.717) is 25.7 Å². The van der Waals surface area contributed by atoms with Gasteiger partial charge >= 0.3 is 33.6 Å². The fourth-order valence-electron chi connectivity index (χ4n) is 9.08. The fourth-order valence-corrected chi connectivity index (χ4v) is 10.7.